The topological polar surface area (TPSA) is 74.2 Å². The van der Waals surface area contributed by atoms with Crippen LogP contribution in [-0.4, -0.2) is 60.4 Å². The third-order valence-corrected chi connectivity index (χ3v) is 6.09. The van der Waals surface area contributed by atoms with Crippen LogP contribution < -0.4 is 5.32 Å². The number of methoxy groups -OCH3 is 1. The number of hydrogen-bond donors (Lipinski definition) is 1. The Bertz CT molecular complexity index is 933. The number of carbonyl (C=O) groups excluding carboxylic acids is 2. The molecule has 9 heteroatoms. The number of ether oxygens (including phenoxy) is 1. The maximum atomic E-state index is 13.3. The second-order valence-corrected chi connectivity index (χ2v) is 8.88. The quantitative estimate of drug-likeness (QED) is 0.640. The van der Waals surface area contributed by atoms with Gasteiger partial charge in [-0.15, -0.1) is 11.3 Å². The Hall–Kier alpha value is -2.42. The lowest BCUT2D eigenvalue weighted by molar-refractivity contribution is -0.133. The number of hydrogen-bond acceptors (Lipinski definition) is 5. The third-order valence-electron chi connectivity index (χ3n) is 4.83. The number of halogens is 1. The van der Waals surface area contributed by atoms with Crippen molar-refractivity contribution in [2.24, 2.45) is 5.10 Å². The molecule has 7 nitrogen and oxygen atoms in total. The minimum Gasteiger partial charge on any atom is -0.383 e. The van der Waals surface area contributed by atoms with Gasteiger partial charge in [-0.25, -0.2) is 9.80 Å². The number of thiophene rings is 1. The number of benzene rings is 1. The molecule has 1 unspecified atom stereocenters. The van der Waals surface area contributed by atoms with Gasteiger partial charge < -0.3 is 15.0 Å². The van der Waals surface area contributed by atoms with Gasteiger partial charge >= 0.3 is 6.03 Å². The summed E-state index contributed by atoms with van der Waals surface area (Å²) in [4.78, 5) is 28.4. The highest BCUT2D eigenvalue weighted by atomic mass is 35.5. The van der Waals surface area contributed by atoms with Gasteiger partial charge in [0.05, 0.1) is 23.2 Å². The molecule has 1 aliphatic heterocycles. The molecule has 1 atom stereocenters. The lowest BCUT2D eigenvalue weighted by Gasteiger charge is -2.28. The van der Waals surface area contributed by atoms with Crippen LogP contribution in [0.3, 0.4) is 0 Å². The summed E-state index contributed by atoms with van der Waals surface area (Å²) in [6, 6.07) is 10.7. The van der Waals surface area contributed by atoms with Crippen molar-refractivity contribution in [2.75, 3.05) is 26.8 Å². The summed E-state index contributed by atoms with van der Waals surface area (Å²) in [5.74, 6) is -0.272. The molecule has 166 valence electrons. The highest BCUT2D eigenvalue weighted by Crippen LogP contribution is 2.37. The molecule has 1 aliphatic rings. The Kier molecular flexibility index (Phi) is 8.06. The van der Waals surface area contributed by atoms with Crippen molar-refractivity contribution in [3.8, 4) is 0 Å². The number of hydrazone groups is 1. The Labute approximate surface area is 191 Å². The molecular weight excluding hydrogens is 436 g/mol. The van der Waals surface area contributed by atoms with Gasteiger partial charge in [-0.05, 0) is 36.9 Å². The summed E-state index contributed by atoms with van der Waals surface area (Å²) in [7, 11) is 1.56. The fourth-order valence-corrected chi connectivity index (χ4v) is 4.33. The first kappa shape index (κ1) is 23.2. The largest absolute Gasteiger partial charge is 0.383 e. The predicted octanol–water partition coefficient (Wildman–Crippen LogP) is 4.15. The molecule has 0 radical (unpaired) electrons. The molecule has 0 fully saturated rings. The smallest absolute Gasteiger partial charge is 0.318 e. The molecule has 0 spiro atoms. The highest BCUT2D eigenvalue weighted by Gasteiger charge is 2.35. The monoisotopic (exact) mass is 462 g/mol. The lowest BCUT2D eigenvalue weighted by atomic mass is 10.0. The van der Waals surface area contributed by atoms with E-state index in [0.717, 1.165) is 16.2 Å². The van der Waals surface area contributed by atoms with Crippen LogP contribution in [0.15, 0.2) is 46.9 Å². The summed E-state index contributed by atoms with van der Waals surface area (Å²) in [6.07, 6.45) is 0.562. The zero-order valence-electron chi connectivity index (χ0n) is 17.9. The molecule has 2 aromatic rings. The van der Waals surface area contributed by atoms with Crippen LogP contribution in [0.2, 0.25) is 5.02 Å². The molecule has 3 rings (SSSR count). The minimum atomic E-state index is -0.323. The van der Waals surface area contributed by atoms with Crippen LogP contribution in [0.5, 0.6) is 0 Å². The van der Waals surface area contributed by atoms with Gasteiger partial charge in [-0.3, -0.25) is 4.79 Å². The lowest BCUT2D eigenvalue weighted by Crippen LogP contribution is -2.48. The van der Waals surface area contributed by atoms with E-state index in [1.807, 2.05) is 55.6 Å². The summed E-state index contributed by atoms with van der Waals surface area (Å²) in [5, 5.41) is 11.5. The number of nitrogens with one attached hydrogen (secondary N) is 1. The summed E-state index contributed by atoms with van der Waals surface area (Å²) >= 11 is 8.03. The van der Waals surface area contributed by atoms with Crippen LogP contribution in [0.4, 0.5) is 4.79 Å². The molecule has 0 aliphatic carbocycles. The van der Waals surface area contributed by atoms with Crippen molar-refractivity contribution in [1.29, 1.82) is 0 Å². The fourth-order valence-electron chi connectivity index (χ4n) is 3.35. The standard InChI is InChI=1S/C22H27ClN4O3S/c1-15(2)24-22(29)26(10-11-30-3)14-21(28)27-19(16-7-4-5-8-17(16)23)13-18(25-27)20-9-6-12-31-20/h4-9,12,15,19H,10-11,13-14H2,1-3H3,(H,24,29). The van der Waals surface area contributed by atoms with E-state index in [1.54, 1.807) is 18.4 Å². The average Bonchev–Trinajstić information content (AvgIpc) is 3.40. The first-order valence-electron chi connectivity index (χ1n) is 10.1. The third kappa shape index (κ3) is 5.84. The maximum Gasteiger partial charge on any atom is 0.318 e. The van der Waals surface area contributed by atoms with E-state index in [1.165, 1.54) is 9.91 Å². The Morgan fingerprint density at radius 2 is 2.10 bits per heavy atom. The van der Waals surface area contributed by atoms with Crippen LogP contribution in [0.1, 0.15) is 36.8 Å². The van der Waals surface area contributed by atoms with E-state index < -0.39 is 0 Å². The molecule has 3 amide bonds. The fraction of sp³-hybridized carbons (Fsp3) is 0.409. The molecule has 0 saturated carbocycles. The van der Waals surface area contributed by atoms with E-state index in [0.29, 0.717) is 24.6 Å². The molecule has 0 bridgehead atoms. The molecule has 1 aromatic heterocycles. The number of rotatable bonds is 8. The van der Waals surface area contributed by atoms with E-state index in [4.69, 9.17) is 16.3 Å². The predicted molar refractivity (Wildman–Crippen MR) is 124 cm³/mol. The Morgan fingerprint density at radius 1 is 1.32 bits per heavy atom. The van der Waals surface area contributed by atoms with Gasteiger partial charge in [0.2, 0.25) is 0 Å². The van der Waals surface area contributed by atoms with Crippen molar-refractivity contribution in [1.82, 2.24) is 15.2 Å². The van der Waals surface area contributed by atoms with Crippen LogP contribution in [-0.2, 0) is 9.53 Å². The number of carbonyl (C=O) groups is 2. The molecule has 2 heterocycles. The summed E-state index contributed by atoms with van der Waals surface area (Å²) in [6.45, 7) is 4.27. The van der Waals surface area contributed by atoms with E-state index in [9.17, 15) is 9.59 Å². The number of amides is 3. The number of urea groups is 1. The van der Waals surface area contributed by atoms with Crippen molar-refractivity contribution in [2.45, 2.75) is 32.4 Å². The van der Waals surface area contributed by atoms with Gasteiger partial charge in [-0.2, -0.15) is 5.10 Å². The van der Waals surface area contributed by atoms with Crippen molar-refractivity contribution < 1.29 is 14.3 Å². The number of nitrogens with zero attached hydrogens (tertiary/aromatic N) is 3. The zero-order chi connectivity index (χ0) is 22.4. The van der Waals surface area contributed by atoms with Crippen molar-refractivity contribution >= 4 is 40.6 Å². The highest BCUT2D eigenvalue weighted by molar-refractivity contribution is 7.12. The van der Waals surface area contributed by atoms with Gasteiger partial charge in [0.15, 0.2) is 0 Å². The van der Waals surface area contributed by atoms with E-state index >= 15 is 0 Å². The molecule has 1 aromatic carbocycles. The van der Waals surface area contributed by atoms with Crippen LogP contribution in [0.25, 0.3) is 0 Å². The van der Waals surface area contributed by atoms with E-state index in [2.05, 4.69) is 10.4 Å². The maximum absolute atomic E-state index is 13.3. The van der Waals surface area contributed by atoms with E-state index in [-0.39, 0.29) is 30.6 Å². The molecule has 1 N–H and O–H groups in total. The molecule has 0 saturated heterocycles. The second-order valence-electron chi connectivity index (χ2n) is 7.52. The second kappa shape index (κ2) is 10.7. The Morgan fingerprint density at radius 3 is 2.74 bits per heavy atom. The zero-order valence-corrected chi connectivity index (χ0v) is 19.4. The first-order chi connectivity index (χ1) is 14.9. The van der Waals surface area contributed by atoms with Gasteiger partial charge in [0.1, 0.15) is 6.54 Å². The van der Waals surface area contributed by atoms with Crippen LogP contribution >= 0.6 is 22.9 Å². The summed E-state index contributed by atoms with van der Waals surface area (Å²) < 4.78 is 5.12. The Balaban J connectivity index is 1.86. The molecular formula is C22H27ClN4O3S. The average molecular weight is 463 g/mol. The van der Waals surface area contributed by atoms with Crippen molar-refractivity contribution in [3.05, 3.63) is 57.2 Å². The summed E-state index contributed by atoms with van der Waals surface area (Å²) in [5.41, 5.74) is 1.67. The van der Waals surface area contributed by atoms with Crippen molar-refractivity contribution in [3.63, 3.8) is 0 Å². The minimum absolute atomic E-state index is 0.0428. The SMILES string of the molecule is COCCN(CC(=O)N1N=C(c2cccs2)CC1c1ccccc1Cl)C(=O)NC(C)C. The molecule has 31 heavy (non-hydrogen) atoms. The van der Waals surface area contributed by atoms with Gasteiger partial charge in [0.25, 0.3) is 5.91 Å². The van der Waals surface area contributed by atoms with Gasteiger partial charge in [-0.1, -0.05) is 35.9 Å². The van der Waals surface area contributed by atoms with Crippen LogP contribution in [0, 0.1) is 0 Å². The first-order valence-corrected chi connectivity index (χ1v) is 11.4. The normalized spacial score (nSPS) is 15.8. The van der Waals surface area contributed by atoms with Gasteiger partial charge in [0, 0.05) is 31.1 Å².